The van der Waals surface area contributed by atoms with Crippen LogP contribution in [0, 0.1) is 11.8 Å². The molecule has 1 heterocycles. The van der Waals surface area contributed by atoms with Crippen LogP contribution in [-0.4, -0.2) is 30.3 Å². The van der Waals surface area contributed by atoms with Crippen molar-refractivity contribution in [1.29, 1.82) is 0 Å². The predicted molar refractivity (Wildman–Crippen MR) is 63.7 cm³/mol. The molecule has 1 rings (SSSR count). The van der Waals surface area contributed by atoms with Crippen LogP contribution >= 0.6 is 0 Å². The highest BCUT2D eigenvalue weighted by atomic mass is 16.3. The van der Waals surface area contributed by atoms with Gasteiger partial charge in [-0.1, -0.05) is 13.3 Å². The van der Waals surface area contributed by atoms with Gasteiger partial charge in [-0.15, -0.1) is 0 Å². The van der Waals surface area contributed by atoms with Gasteiger partial charge in [-0.05, 0) is 45.2 Å². The third-order valence-corrected chi connectivity index (χ3v) is 3.87. The molecule has 3 nitrogen and oxygen atoms in total. The Bertz CT molecular complexity index is 170. The lowest BCUT2D eigenvalue weighted by molar-refractivity contribution is -0.0608. The highest BCUT2D eigenvalue weighted by molar-refractivity contribution is 4.91. The van der Waals surface area contributed by atoms with E-state index in [1.807, 2.05) is 6.92 Å². The van der Waals surface area contributed by atoms with Crippen LogP contribution in [0.2, 0.25) is 0 Å². The summed E-state index contributed by atoms with van der Waals surface area (Å²) in [6.45, 7) is 6.74. The van der Waals surface area contributed by atoms with Gasteiger partial charge in [0.15, 0.2) is 0 Å². The fraction of sp³-hybridized carbons (Fsp3) is 1.00. The molecule has 3 atom stereocenters. The van der Waals surface area contributed by atoms with E-state index in [0.717, 1.165) is 32.4 Å². The van der Waals surface area contributed by atoms with Crippen LogP contribution in [-0.2, 0) is 0 Å². The van der Waals surface area contributed by atoms with E-state index >= 15 is 0 Å². The van der Waals surface area contributed by atoms with Crippen molar-refractivity contribution in [2.24, 2.45) is 17.6 Å². The molecule has 0 aromatic carbocycles. The Labute approximate surface area is 93.4 Å². The summed E-state index contributed by atoms with van der Waals surface area (Å²) in [7, 11) is 0. The Morgan fingerprint density at radius 3 is 2.80 bits per heavy atom. The Morgan fingerprint density at radius 2 is 2.33 bits per heavy atom. The minimum absolute atomic E-state index is 0.243. The minimum Gasteiger partial charge on any atom is -0.390 e. The lowest BCUT2D eigenvalue weighted by Crippen LogP contribution is -2.50. The van der Waals surface area contributed by atoms with Crippen LogP contribution in [0.1, 0.15) is 39.5 Å². The maximum atomic E-state index is 10.6. The van der Waals surface area contributed by atoms with Crippen molar-refractivity contribution in [3.05, 3.63) is 0 Å². The molecule has 0 aliphatic carbocycles. The predicted octanol–water partition coefficient (Wildman–Crippen LogP) is 1.11. The molecule has 0 saturated carbocycles. The van der Waals surface area contributed by atoms with Gasteiger partial charge in [0.2, 0.25) is 0 Å². The Balaban J connectivity index is 2.60. The average Bonchev–Trinajstić information content (AvgIpc) is 2.27. The van der Waals surface area contributed by atoms with Crippen molar-refractivity contribution in [2.75, 3.05) is 19.6 Å². The normalized spacial score (nSPS) is 28.4. The smallest absolute Gasteiger partial charge is 0.0699 e. The van der Waals surface area contributed by atoms with Crippen LogP contribution in [0.15, 0.2) is 0 Å². The van der Waals surface area contributed by atoms with Gasteiger partial charge in [0.1, 0.15) is 0 Å². The van der Waals surface area contributed by atoms with E-state index in [2.05, 4.69) is 12.2 Å². The van der Waals surface area contributed by atoms with Crippen molar-refractivity contribution >= 4 is 0 Å². The SMILES string of the molecule is CCCC(CN)C(C)(O)C1CCCNC1. The van der Waals surface area contributed by atoms with Crippen molar-refractivity contribution in [1.82, 2.24) is 5.32 Å². The van der Waals surface area contributed by atoms with Crippen LogP contribution in [0.5, 0.6) is 0 Å². The second-order valence-corrected chi connectivity index (χ2v) is 4.99. The molecule has 15 heavy (non-hydrogen) atoms. The van der Waals surface area contributed by atoms with Gasteiger partial charge < -0.3 is 16.2 Å². The molecular weight excluding hydrogens is 188 g/mol. The lowest BCUT2D eigenvalue weighted by Gasteiger charge is -2.41. The summed E-state index contributed by atoms with van der Waals surface area (Å²) in [4.78, 5) is 0. The number of aliphatic hydroxyl groups is 1. The zero-order valence-corrected chi connectivity index (χ0v) is 10.1. The zero-order valence-electron chi connectivity index (χ0n) is 10.1. The molecular formula is C12H26N2O. The summed E-state index contributed by atoms with van der Waals surface area (Å²) in [5.74, 6) is 0.610. The Hall–Kier alpha value is -0.120. The first kappa shape index (κ1) is 12.9. The Morgan fingerprint density at radius 1 is 1.60 bits per heavy atom. The van der Waals surface area contributed by atoms with E-state index in [1.165, 1.54) is 6.42 Å². The number of hydrogen-bond acceptors (Lipinski definition) is 3. The van der Waals surface area contributed by atoms with Crippen molar-refractivity contribution in [3.8, 4) is 0 Å². The third-order valence-electron chi connectivity index (χ3n) is 3.87. The second-order valence-electron chi connectivity index (χ2n) is 4.99. The minimum atomic E-state index is -0.599. The van der Waals surface area contributed by atoms with Gasteiger partial charge >= 0.3 is 0 Å². The van der Waals surface area contributed by atoms with E-state index in [1.54, 1.807) is 0 Å². The van der Waals surface area contributed by atoms with Crippen molar-refractivity contribution in [2.45, 2.75) is 45.1 Å². The van der Waals surface area contributed by atoms with Crippen LogP contribution in [0.3, 0.4) is 0 Å². The number of piperidine rings is 1. The molecule has 1 aliphatic rings. The first-order valence-corrected chi connectivity index (χ1v) is 6.26. The molecule has 3 unspecified atom stereocenters. The number of nitrogens with one attached hydrogen (secondary N) is 1. The summed E-state index contributed by atoms with van der Waals surface area (Å²) in [6.07, 6.45) is 4.42. The molecule has 0 aromatic rings. The molecule has 1 aliphatic heterocycles. The van der Waals surface area contributed by atoms with E-state index in [4.69, 9.17) is 5.73 Å². The lowest BCUT2D eigenvalue weighted by atomic mass is 9.73. The van der Waals surface area contributed by atoms with Gasteiger partial charge in [0, 0.05) is 12.5 Å². The molecule has 1 fully saturated rings. The van der Waals surface area contributed by atoms with Crippen molar-refractivity contribution in [3.63, 3.8) is 0 Å². The standard InChI is InChI=1S/C12H26N2O/c1-3-5-10(8-13)12(2,15)11-6-4-7-14-9-11/h10-11,14-15H,3-9,13H2,1-2H3. The van der Waals surface area contributed by atoms with Crippen molar-refractivity contribution < 1.29 is 5.11 Å². The monoisotopic (exact) mass is 214 g/mol. The zero-order chi connectivity index (χ0) is 11.3. The summed E-state index contributed by atoms with van der Waals surface area (Å²) in [5.41, 5.74) is 5.17. The molecule has 1 saturated heterocycles. The number of nitrogens with two attached hydrogens (primary N) is 1. The molecule has 3 heteroatoms. The van der Waals surface area contributed by atoms with E-state index < -0.39 is 5.60 Å². The average molecular weight is 214 g/mol. The third kappa shape index (κ3) is 3.16. The molecule has 0 bridgehead atoms. The first-order chi connectivity index (χ1) is 7.12. The Kier molecular flexibility index (Phi) is 5.03. The maximum absolute atomic E-state index is 10.6. The van der Waals surface area contributed by atoms with Gasteiger partial charge in [-0.25, -0.2) is 0 Å². The van der Waals surface area contributed by atoms with Crippen LogP contribution in [0.4, 0.5) is 0 Å². The second kappa shape index (κ2) is 5.83. The fourth-order valence-electron chi connectivity index (χ4n) is 2.68. The van der Waals surface area contributed by atoms with E-state index in [0.29, 0.717) is 12.5 Å². The van der Waals surface area contributed by atoms with Crippen LogP contribution < -0.4 is 11.1 Å². The number of rotatable bonds is 5. The van der Waals surface area contributed by atoms with E-state index in [9.17, 15) is 5.11 Å². The topological polar surface area (TPSA) is 58.3 Å². The molecule has 90 valence electrons. The molecule has 0 spiro atoms. The van der Waals surface area contributed by atoms with Gasteiger partial charge in [0.25, 0.3) is 0 Å². The summed E-state index contributed by atoms with van der Waals surface area (Å²) in [5, 5.41) is 14.0. The molecule has 0 radical (unpaired) electrons. The maximum Gasteiger partial charge on any atom is 0.0699 e. The van der Waals surface area contributed by atoms with Gasteiger partial charge in [0.05, 0.1) is 5.60 Å². The summed E-state index contributed by atoms with van der Waals surface area (Å²) < 4.78 is 0. The largest absolute Gasteiger partial charge is 0.390 e. The highest BCUT2D eigenvalue weighted by Crippen LogP contribution is 2.32. The molecule has 0 aromatic heterocycles. The molecule has 4 N–H and O–H groups in total. The quantitative estimate of drug-likeness (QED) is 0.642. The summed E-state index contributed by atoms with van der Waals surface area (Å²) >= 11 is 0. The van der Waals surface area contributed by atoms with Gasteiger partial charge in [-0.3, -0.25) is 0 Å². The first-order valence-electron chi connectivity index (χ1n) is 6.26. The van der Waals surface area contributed by atoms with E-state index in [-0.39, 0.29) is 5.92 Å². The highest BCUT2D eigenvalue weighted by Gasteiger charge is 2.38. The molecule has 0 amide bonds. The van der Waals surface area contributed by atoms with Crippen LogP contribution in [0.25, 0.3) is 0 Å². The number of hydrogen-bond donors (Lipinski definition) is 3. The summed E-state index contributed by atoms with van der Waals surface area (Å²) in [6, 6.07) is 0. The van der Waals surface area contributed by atoms with Gasteiger partial charge in [-0.2, -0.15) is 0 Å². The fourth-order valence-corrected chi connectivity index (χ4v) is 2.68.